The number of carbonyl (C=O) groups is 1. The van der Waals surface area contributed by atoms with Crippen molar-refractivity contribution in [1.29, 1.82) is 0 Å². The summed E-state index contributed by atoms with van der Waals surface area (Å²) in [5, 5.41) is 8.56. The molecule has 3 aromatic rings. The highest BCUT2D eigenvalue weighted by Gasteiger charge is 2.36. The number of amides is 1. The second-order valence-corrected chi connectivity index (χ2v) is 9.02. The summed E-state index contributed by atoms with van der Waals surface area (Å²) in [6.07, 6.45) is 6.00. The highest BCUT2D eigenvalue weighted by Crippen LogP contribution is 2.34. The molecule has 6 nitrogen and oxygen atoms in total. The molecule has 0 spiro atoms. The molecule has 3 heterocycles. The van der Waals surface area contributed by atoms with Crippen LogP contribution in [0.1, 0.15) is 24.8 Å². The fourth-order valence-electron chi connectivity index (χ4n) is 4.84. The molecule has 2 fully saturated rings. The van der Waals surface area contributed by atoms with Gasteiger partial charge in [0.2, 0.25) is 5.91 Å². The first-order valence-corrected chi connectivity index (χ1v) is 11.3. The average molecular weight is 415 g/mol. The molecule has 158 valence electrons. The van der Waals surface area contributed by atoms with Crippen LogP contribution in [-0.2, 0) is 17.8 Å². The van der Waals surface area contributed by atoms with Gasteiger partial charge in [0.05, 0.1) is 6.61 Å². The Morgan fingerprint density at radius 2 is 1.84 bits per heavy atom. The predicted octanol–water partition coefficient (Wildman–Crippen LogP) is 3.81. The highest BCUT2D eigenvalue weighted by molar-refractivity contribution is 5.81. The SMILES string of the molecule is O=C(C1CC1)N1CC[C@H](Cn2cnnc2-c2ccc(-c3ccc4c(c3)CCO4)cc2)C1. The molecule has 2 aliphatic heterocycles. The van der Waals surface area contributed by atoms with Crippen molar-refractivity contribution >= 4 is 5.91 Å². The number of likely N-dealkylation sites (tertiary alicyclic amines) is 1. The largest absolute Gasteiger partial charge is 0.493 e. The van der Waals surface area contributed by atoms with Gasteiger partial charge in [-0.2, -0.15) is 0 Å². The van der Waals surface area contributed by atoms with E-state index in [0.29, 0.717) is 17.7 Å². The minimum Gasteiger partial charge on any atom is -0.493 e. The van der Waals surface area contributed by atoms with E-state index < -0.39 is 0 Å². The van der Waals surface area contributed by atoms with Crippen LogP contribution in [0.4, 0.5) is 0 Å². The van der Waals surface area contributed by atoms with Crippen LogP contribution < -0.4 is 4.74 Å². The Hall–Kier alpha value is -3.15. The lowest BCUT2D eigenvalue weighted by molar-refractivity contribution is -0.131. The van der Waals surface area contributed by atoms with Gasteiger partial charge in [-0.15, -0.1) is 10.2 Å². The molecule has 0 N–H and O–H groups in total. The zero-order chi connectivity index (χ0) is 20.8. The van der Waals surface area contributed by atoms with Crippen LogP contribution in [0.3, 0.4) is 0 Å². The maximum Gasteiger partial charge on any atom is 0.225 e. The number of aromatic nitrogens is 3. The Morgan fingerprint density at radius 3 is 2.68 bits per heavy atom. The van der Waals surface area contributed by atoms with Crippen molar-refractivity contribution in [2.24, 2.45) is 11.8 Å². The third-order valence-corrected chi connectivity index (χ3v) is 6.76. The van der Waals surface area contributed by atoms with Crippen molar-refractivity contribution in [3.05, 3.63) is 54.4 Å². The van der Waals surface area contributed by atoms with E-state index in [2.05, 4.69) is 62.1 Å². The fraction of sp³-hybridized carbons (Fsp3) is 0.400. The smallest absolute Gasteiger partial charge is 0.225 e. The molecule has 6 rings (SSSR count). The molecular weight excluding hydrogens is 388 g/mol. The van der Waals surface area contributed by atoms with Crippen LogP contribution in [0.5, 0.6) is 5.75 Å². The van der Waals surface area contributed by atoms with Gasteiger partial charge in [0.1, 0.15) is 12.1 Å². The maximum atomic E-state index is 12.3. The number of rotatable bonds is 5. The van der Waals surface area contributed by atoms with Crippen LogP contribution in [0, 0.1) is 11.8 Å². The summed E-state index contributed by atoms with van der Waals surface area (Å²) in [4.78, 5) is 14.4. The summed E-state index contributed by atoms with van der Waals surface area (Å²) in [5.41, 5.74) is 4.75. The Kier molecular flexibility index (Phi) is 4.51. The molecule has 1 amide bonds. The van der Waals surface area contributed by atoms with Gasteiger partial charge in [-0.25, -0.2) is 0 Å². The summed E-state index contributed by atoms with van der Waals surface area (Å²) >= 11 is 0. The third-order valence-electron chi connectivity index (χ3n) is 6.76. The Morgan fingerprint density at radius 1 is 1.03 bits per heavy atom. The quantitative estimate of drug-likeness (QED) is 0.637. The zero-order valence-electron chi connectivity index (χ0n) is 17.5. The Bertz CT molecular complexity index is 1120. The number of benzene rings is 2. The Balaban J connectivity index is 1.17. The fourth-order valence-corrected chi connectivity index (χ4v) is 4.84. The molecule has 1 saturated heterocycles. The standard InChI is InChI=1S/C25H26N4O2/c30-25(20-5-6-20)28-11-9-17(14-28)15-29-16-26-27-24(29)19-3-1-18(2-4-19)21-7-8-23-22(13-21)10-12-31-23/h1-4,7-8,13,16-17,20H,5-6,9-12,14-15H2/t17-/m0/s1. The van der Waals surface area contributed by atoms with Crippen LogP contribution in [0.25, 0.3) is 22.5 Å². The molecule has 0 bridgehead atoms. The van der Waals surface area contributed by atoms with E-state index in [-0.39, 0.29) is 0 Å². The molecule has 0 radical (unpaired) electrons. The lowest BCUT2D eigenvalue weighted by atomic mass is 10.0. The second-order valence-electron chi connectivity index (χ2n) is 9.02. The van der Waals surface area contributed by atoms with Gasteiger partial charge in [0, 0.05) is 37.5 Å². The molecule has 31 heavy (non-hydrogen) atoms. The topological polar surface area (TPSA) is 60.2 Å². The van der Waals surface area contributed by atoms with E-state index in [1.54, 1.807) is 0 Å². The predicted molar refractivity (Wildman–Crippen MR) is 118 cm³/mol. The molecule has 1 aliphatic carbocycles. The Labute approximate surface area is 181 Å². The van der Waals surface area contributed by atoms with Crippen molar-refractivity contribution in [3.8, 4) is 28.3 Å². The number of hydrogen-bond acceptors (Lipinski definition) is 4. The van der Waals surface area contributed by atoms with Crippen LogP contribution in [0.15, 0.2) is 48.8 Å². The summed E-state index contributed by atoms with van der Waals surface area (Å²) in [5.74, 6) is 3.03. The molecule has 6 heteroatoms. The maximum absolute atomic E-state index is 12.3. The van der Waals surface area contributed by atoms with Crippen molar-refractivity contribution < 1.29 is 9.53 Å². The van der Waals surface area contributed by atoms with Gasteiger partial charge in [0.15, 0.2) is 5.82 Å². The van der Waals surface area contributed by atoms with Crippen molar-refractivity contribution in [3.63, 3.8) is 0 Å². The van der Waals surface area contributed by atoms with Gasteiger partial charge < -0.3 is 14.2 Å². The first-order chi connectivity index (χ1) is 15.2. The number of nitrogens with zero attached hydrogens (tertiary/aromatic N) is 4. The monoisotopic (exact) mass is 414 g/mol. The van der Waals surface area contributed by atoms with Gasteiger partial charge in [-0.3, -0.25) is 4.79 Å². The molecule has 2 aromatic carbocycles. The van der Waals surface area contributed by atoms with Gasteiger partial charge >= 0.3 is 0 Å². The van der Waals surface area contributed by atoms with Crippen LogP contribution >= 0.6 is 0 Å². The van der Waals surface area contributed by atoms with Crippen LogP contribution in [0.2, 0.25) is 0 Å². The van der Waals surface area contributed by atoms with E-state index in [0.717, 1.165) is 69.1 Å². The third kappa shape index (κ3) is 3.60. The summed E-state index contributed by atoms with van der Waals surface area (Å²) in [7, 11) is 0. The number of carbonyl (C=O) groups excluding carboxylic acids is 1. The summed E-state index contributed by atoms with van der Waals surface area (Å²) in [6, 6.07) is 15.0. The molecule has 0 unspecified atom stereocenters. The highest BCUT2D eigenvalue weighted by atomic mass is 16.5. The zero-order valence-corrected chi connectivity index (χ0v) is 17.5. The molecule has 1 saturated carbocycles. The van der Waals surface area contributed by atoms with Crippen molar-refractivity contribution in [1.82, 2.24) is 19.7 Å². The van der Waals surface area contributed by atoms with E-state index >= 15 is 0 Å². The number of ether oxygens (including phenoxy) is 1. The van der Waals surface area contributed by atoms with Crippen LogP contribution in [-0.4, -0.2) is 45.3 Å². The average Bonchev–Trinajstić information content (AvgIpc) is 3.17. The summed E-state index contributed by atoms with van der Waals surface area (Å²) < 4.78 is 7.76. The first-order valence-electron chi connectivity index (χ1n) is 11.3. The molecule has 3 aliphatic rings. The van der Waals surface area contributed by atoms with Gasteiger partial charge in [-0.1, -0.05) is 30.3 Å². The van der Waals surface area contributed by atoms with Crippen molar-refractivity contribution in [2.45, 2.75) is 32.2 Å². The van der Waals surface area contributed by atoms with E-state index in [9.17, 15) is 4.79 Å². The van der Waals surface area contributed by atoms with E-state index in [1.165, 1.54) is 16.7 Å². The van der Waals surface area contributed by atoms with Gasteiger partial charge in [-0.05, 0) is 54.0 Å². The molecule has 1 atom stereocenters. The lowest BCUT2D eigenvalue weighted by Gasteiger charge is -2.17. The normalized spacial score (nSPS) is 20.0. The molecule has 1 aromatic heterocycles. The molecular formula is C25H26N4O2. The second kappa shape index (κ2) is 7.52. The van der Waals surface area contributed by atoms with E-state index in [4.69, 9.17) is 4.74 Å². The van der Waals surface area contributed by atoms with Crippen molar-refractivity contribution in [2.75, 3.05) is 19.7 Å². The minimum absolute atomic E-state index is 0.306. The summed E-state index contributed by atoms with van der Waals surface area (Å²) in [6.45, 7) is 3.37. The first kappa shape index (κ1) is 18.6. The number of hydrogen-bond donors (Lipinski definition) is 0. The number of fused-ring (bicyclic) bond motifs is 1. The van der Waals surface area contributed by atoms with Gasteiger partial charge in [0.25, 0.3) is 0 Å². The van der Waals surface area contributed by atoms with E-state index in [1.807, 2.05) is 6.33 Å². The minimum atomic E-state index is 0.306. The lowest BCUT2D eigenvalue weighted by Crippen LogP contribution is -2.30.